The first-order valence-corrected chi connectivity index (χ1v) is 11.2. The molecule has 0 aromatic heterocycles. The molecule has 0 aliphatic carbocycles. The molecule has 1 aliphatic heterocycles. The van der Waals surface area contributed by atoms with Crippen LogP contribution in [0.4, 0.5) is 0 Å². The minimum absolute atomic E-state index is 0.0774. The normalized spacial score (nSPS) is 15.2. The molecule has 1 fully saturated rings. The van der Waals surface area contributed by atoms with Crippen LogP contribution in [0.15, 0.2) is 53.4 Å². The molecule has 0 spiro atoms. The molecule has 29 heavy (non-hydrogen) atoms. The molecule has 1 saturated heterocycles. The van der Waals surface area contributed by atoms with Crippen LogP contribution < -0.4 is 10.0 Å². The lowest BCUT2D eigenvalue weighted by Crippen LogP contribution is -2.36. The number of hydrogen-bond acceptors (Lipinski definition) is 5. The Balaban J connectivity index is 1.48. The summed E-state index contributed by atoms with van der Waals surface area (Å²) in [5, 5.41) is 3.09. The fourth-order valence-electron chi connectivity index (χ4n) is 3.01. The van der Waals surface area contributed by atoms with Crippen LogP contribution in [0.1, 0.15) is 15.9 Å². The van der Waals surface area contributed by atoms with Gasteiger partial charge in [-0.25, -0.2) is 13.1 Å². The molecule has 2 aromatic carbocycles. The van der Waals surface area contributed by atoms with Gasteiger partial charge < -0.3 is 10.1 Å². The second-order valence-electron chi connectivity index (χ2n) is 6.70. The molecule has 1 amide bonds. The van der Waals surface area contributed by atoms with Crippen LogP contribution in [-0.4, -0.2) is 58.6 Å². The second kappa shape index (κ2) is 10.2. The Labute approximate surface area is 176 Å². The average molecular weight is 438 g/mol. The summed E-state index contributed by atoms with van der Waals surface area (Å²) in [6.07, 6.45) is 0. The fourth-order valence-corrected chi connectivity index (χ4v) is 4.34. The van der Waals surface area contributed by atoms with Gasteiger partial charge in [0.1, 0.15) is 0 Å². The number of carbonyl (C=O) groups is 1. The zero-order valence-electron chi connectivity index (χ0n) is 15.9. The van der Waals surface area contributed by atoms with E-state index in [1.807, 2.05) is 18.2 Å². The Bertz CT molecular complexity index is 946. The van der Waals surface area contributed by atoms with Crippen molar-refractivity contribution in [3.63, 3.8) is 0 Å². The van der Waals surface area contributed by atoms with E-state index in [9.17, 15) is 13.2 Å². The van der Waals surface area contributed by atoms with E-state index < -0.39 is 10.0 Å². The molecule has 2 aromatic rings. The number of sulfonamides is 1. The van der Waals surface area contributed by atoms with Crippen LogP contribution >= 0.6 is 11.6 Å². The zero-order valence-corrected chi connectivity index (χ0v) is 17.5. The third kappa shape index (κ3) is 6.52. The minimum Gasteiger partial charge on any atom is -0.379 e. The summed E-state index contributed by atoms with van der Waals surface area (Å²) in [4.78, 5) is 14.8. The molecular weight excluding hydrogens is 414 g/mol. The zero-order chi connectivity index (χ0) is 20.7. The molecule has 156 valence electrons. The van der Waals surface area contributed by atoms with Gasteiger partial charge in [-0.1, -0.05) is 29.8 Å². The summed E-state index contributed by atoms with van der Waals surface area (Å²) in [5.41, 5.74) is 1.61. The van der Waals surface area contributed by atoms with Crippen molar-refractivity contribution in [3.05, 3.63) is 64.7 Å². The lowest BCUT2D eigenvalue weighted by Gasteiger charge is -2.26. The van der Waals surface area contributed by atoms with Crippen LogP contribution in [0.25, 0.3) is 0 Å². The van der Waals surface area contributed by atoms with Gasteiger partial charge in [0.2, 0.25) is 10.0 Å². The maximum atomic E-state index is 12.4. The standard InChI is InChI=1S/C20H24ClN3O4S/c21-18-5-2-6-19(14-18)29(26,27)23-8-7-22-20(25)17-4-1-3-16(13-17)15-24-9-11-28-12-10-24/h1-6,13-14,23H,7-12,15H2,(H,22,25). The SMILES string of the molecule is O=C(NCCNS(=O)(=O)c1cccc(Cl)c1)c1cccc(CN2CCOCC2)c1. The number of halogens is 1. The van der Waals surface area contributed by atoms with E-state index in [0.29, 0.717) is 10.6 Å². The molecule has 0 atom stereocenters. The molecule has 0 bridgehead atoms. The molecule has 1 aliphatic rings. The maximum absolute atomic E-state index is 12.4. The van der Waals surface area contributed by atoms with E-state index in [4.69, 9.17) is 16.3 Å². The monoisotopic (exact) mass is 437 g/mol. The van der Waals surface area contributed by atoms with E-state index in [1.165, 1.54) is 12.1 Å². The highest BCUT2D eigenvalue weighted by Crippen LogP contribution is 2.15. The first-order chi connectivity index (χ1) is 13.9. The van der Waals surface area contributed by atoms with Crippen LogP contribution in [0, 0.1) is 0 Å². The highest BCUT2D eigenvalue weighted by Gasteiger charge is 2.15. The van der Waals surface area contributed by atoms with Gasteiger partial charge in [-0.15, -0.1) is 0 Å². The van der Waals surface area contributed by atoms with Crippen molar-refractivity contribution in [1.82, 2.24) is 14.9 Å². The fraction of sp³-hybridized carbons (Fsp3) is 0.350. The van der Waals surface area contributed by atoms with Gasteiger partial charge >= 0.3 is 0 Å². The van der Waals surface area contributed by atoms with Gasteiger partial charge in [-0.2, -0.15) is 0 Å². The van der Waals surface area contributed by atoms with Crippen molar-refractivity contribution in [1.29, 1.82) is 0 Å². The lowest BCUT2D eigenvalue weighted by molar-refractivity contribution is 0.0342. The first-order valence-electron chi connectivity index (χ1n) is 9.36. The predicted octanol–water partition coefficient (Wildman–Crippen LogP) is 1.88. The summed E-state index contributed by atoms with van der Waals surface area (Å²) >= 11 is 5.84. The van der Waals surface area contributed by atoms with Gasteiger partial charge in [0.25, 0.3) is 5.91 Å². The summed E-state index contributed by atoms with van der Waals surface area (Å²) in [5.74, 6) is -0.240. The number of carbonyl (C=O) groups excluding carboxylic acids is 1. The molecule has 3 rings (SSSR count). The first kappa shape index (κ1) is 21.7. The Hall–Kier alpha value is -1.97. The summed E-state index contributed by atoms with van der Waals surface area (Å²) in [6.45, 7) is 4.23. The van der Waals surface area contributed by atoms with E-state index >= 15 is 0 Å². The molecule has 0 saturated carbocycles. The smallest absolute Gasteiger partial charge is 0.251 e. The van der Waals surface area contributed by atoms with Crippen molar-refractivity contribution in [2.75, 3.05) is 39.4 Å². The van der Waals surface area contributed by atoms with Gasteiger partial charge in [-0.05, 0) is 35.9 Å². The number of ether oxygens (including phenoxy) is 1. The number of benzene rings is 2. The Morgan fingerprint density at radius 3 is 2.59 bits per heavy atom. The van der Waals surface area contributed by atoms with Crippen molar-refractivity contribution in [3.8, 4) is 0 Å². The number of morpholine rings is 1. The van der Waals surface area contributed by atoms with Crippen LogP contribution in [0.3, 0.4) is 0 Å². The molecule has 9 heteroatoms. The van der Waals surface area contributed by atoms with E-state index in [0.717, 1.165) is 38.4 Å². The molecule has 2 N–H and O–H groups in total. The van der Waals surface area contributed by atoms with Crippen LogP contribution in [-0.2, 0) is 21.3 Å². The van der Waals surface area contributed by atoms with Crippen LogP contribution in [0.2, 0.25) is 5.02 Å². The highest BCUT2D eigenvalue weighted by molar-refractivity contribution is 7.89. The van der Waals surface area contributed by atoms with Crippen molar-refractivity contribution < 1.29 is 17.9 Å². The maximum Gasteiger partial charge on any atom is 0.251 e. The second-order valence-corrected chi connectivity index (χ2v) is 8.90. The van der Waals surface area contributed by atoms with E-state index in [-0.39, 0.29) is 23.9 Å². The van der Waals surface area contributed by atoms with Crippen LogP contribution in [0.5, 0.6) is 0 Å². The third-order valence-electron chi connectivity index (χ3n) is 4.51. The van der Waals surface area contributed by atoms with Gasteiger partial charge in [0.15, 0.2) is 0 Å². The number of hydrogen-bond donors (Lipinski definition) is 2. The Morgan fingerprint density at radius 2 is 1.83 bits per heavy atom. The van der Waals surface area contributed by atoms with Crippen molar-refractivity contribution in [2.24, 2.45) is 0 Å². The number of amides is 1. The van der Waals surface area contributed by atoms with Gasteiger partial charge in [0, 0.05) is 43.3 Å². The third-order valence-corrected chi connectivity index (χ3v) is 6.20. The summed E-state index contributed by atoms with van der Waals surface area (Å²) < 4.78 is 32.3. The lowest BCUT2D eigenvalue weighted by atomic mass is 10.1. The quantitative estimate of drug-likeness (QED) is 0.616. The number of nitrogens with one attached hydrogen (secondary N) is 2. The number of nitrogens with zero attached hydrogens (tertiary/aromatic N) is 1. The number of rotatable bonds is 8. The largest absolute Gasteiger partial charge is 0.379 e. The van der Waals surface area contributed by atoms with E-state index in [1.54, 1.807) is 18.2 Å². The molecule has 7 nitrogen and oxygen atoms in total. The van der Waals surface area contributed by atoms with Gasteiger partial charge in [0.05, 0.1) is 18.1 Å². The molecule has 1 heterocycles. The van der Waals surface area contributed by atoms with Crippen molar-refractivity contribution >= 4 is 27.5 Å². The minimum atomic E-state index is -3.67. The molecule has 0 radical (unpaired) electrons. The molecular formula is C20H24ClN3O4S. The Kier molecular flexibility index (Phi) is 7.63. The Morgan fingerprint density at radius 1 is 1.07 bits per heavy atom. The predicted molar refractivity (Wildman–Crippen MR) is 112 cm³/mol. The topological polar surface area (TPSA) is 87.7 Å². The van der Waals surface area contributed by atoms with Crippen molar-refractivity contribution in [2.45, 2.75) is 11.4 Å². The molecule has 0 unspecified atom stereocenters. The summed E-state index contributed by atoms with van der Waals surface area (Å²) in [6, 6.07) is 13.5. The average Bonchev–Trinajstić information content (AvgIpc) is 2.72. The van der Waals surface area contributed by atoms with Gasteiger partial charge in [-0.3, -0.25) is 9.69 Å². The summed E-state index contributed by atoms with van der Waals surface area (Å²) in [7, 11) is -3.67. The highest BCUT2D eigenvalue weighted by atomic mass is 35.5. The van der Waals surface area contributed by atoms with E-state index in [2.05, 4.69) is 14.9 Å².